The molecular formula is C6H11N6OP3. The molecule has 0 bridgehead atoms. The zero-order valence-electron chi connectivity index (χ0n) is 8.21. The van der Waals surface area contributed by atoms with E-state index in [0.717, 1.165) is 0 Å². The summed E-state index contributed by atoms with van der Waals surface area (Å²) in [6.45, 7) is 0. The van der Waals surface area contributed by atoms with E-state index >= 15 is 0 Å². The molecule has 0 saturated carbocycles. The third-order valence-corrected chi connectivity index (χ3v) is 7.07. The van der Waals surface area contributed by atoms with Gasteiger partial charge in [-0.2, -0.15) is 13.5 Å². The highest BCUT2D eigenvalue weighted by Crippen LogP contribution is 2.59. The molecular weight excluding hydrogens is 265 g/mol. The quantitative estimate of drug-likeness (QED) is 0.718. The summed E-state index contributed by atoms with van der Waals surface area (Å²) in [5.41, 5.74) is 17.2. The predicted octanol–water partition coefficient (Wildman–Crippen LogP) is 2.89. The van der Waals surface area contributed by atoms with Gasteiger partial charge in [0.1, 0.15) is 5.75 Å². The Bertz CT molecular complexity index is 520. The van der Waals surface area contributed by atoms with E-state index in [1.807, 2.05) is 18.2 Å². The van der Waals surface area contributed by atoms with Gasteiger partial charge in [0.15, 0.2) is 8.52 Å². The first-order valence-electron chi connectivity index (χ1n) is 4.27. The van der Waals surface area contributed by atoms with Gasteiger partial charge < -0.3 is 4.52 Å². The van der Waals surface area contributed by atoms with Crippen LogP contribution in [0.2, 0.25) is 0 Å². The first-order valence-corrected chi connectivity index (χ1v) is 8.59. The Morgan fingerprint density at radius 2 is 1.81 bits per heavy atom. The molecule has 10 heteroatoms. The largest absolute Gasteiger partial charge is 0.431 e. The number of benzene rings is 1. The highest BCUT2D eigenvalue weighted by atomic mass is 31.2. The molecule has 7 nitrogen and oxygen atoms in total. The summed E-state index contributed by atoms with van der Waals surface area (Å²) in [6, 6.07) is 9.09. The van der Waals surface area contributed by atoms with Crippen molar-refractivity contribution in [3.8, 4) is 5.75 Å². The molecule has 1 unspecified atom stereocenters. The molecule has 0 radical (unpaired) electrons. The summed E-state index contributed by atoms with van der Waals surface area (Å²) in [7, 11) is -5.02. The number of para-hydroxylation sites is 1. The lowest BCUT2D eigenvalue weighted by Crippen LogP contribution is -2.07. The average molecular weight is 276 g/mol. The van der Waals surface area contributed by atoms with Crippen LogP contribution in [-0.4, -0.2) is 0 Å². The SMILES string of the molecule is NP1(N)=NP(N)(Oc2ccccc2)=NP=N1. The molecule has 0 saturated heterocycles. The van der Waals surface area contributed by atoms with Gasteiger partial charge >= 0.3 is 7.58 Å². The second kappa shape index (κ2) is 4.38. The summed E-state index contributed by atoms with van der Waals surface area (Å²) in [6.07, 6.45) is 0. The van der Waals surface area contributed by atoms with Gasteiger partial charge in [0.2, 0.25) is 7.51 Å². The van der Waals surface area contributed by atoms with Crippen molar-refractivity contribution in [2.75, 3.05) is 0 Å². The first-order chi connectivity index (χ1) is 7.49. The van der Waals surface area contributed by atoms with Crippen molar-refractivity contribution in [2.24, 2.45) is 30.1 Å². The van der Waals surface area contributed by atoms with E-state index in [2.05, 4.69) is 13.5 Å². The third-order valence-electron chi connectivity index (χ3n) is 1.61. The summed E-state index contributed by atoms with van der Waals surface area (Å²) in [5.74, 6) is 0.600. The Hall–Kier alpha value is -0.540. The van der Waals surface area contributed by atoms with Crippen molar-refractivity contribution < 1.29 is 4.52 Å². The topological polar surface area (TPSA) is 124 Å². The van der Waals surface area contributed by atoms with Crippen LogP contribution in [0.25, 0.3) is 0 Å². The molecule has 0 amide bonds. The highest BCUT2D eigenvalue weighted by molar-refractivity contribution is 7.76. The maximum atomic E-state index is 5.92. The van der Waals surface area contributed by atoms with Crippen LogP contribution in [-0.2, 0) is 0 Å². The summed E-state index contributed by atoms with van der Waals surface area (Å²) >= 11 is 0. The third kappa shape index (κ3) is 2.98. The monoisotopic (exact) mass is 276 g/mol. The fourth-order valence-electron chi connectivity index (χ4n) is 1.05. The van der Waals surface area contributed by atoms with Crippen molar-refractivity contribution >= 4 is 23.6 Å². The minimum absolute atomic E-state index is 0.397. The Kier molecular flexibility index (Phi) is 3.27. The van der Waals surface area contributed by atoms with Crippen molar-refractivity contribution in [2.45, 2.75) is 0 Å². The maximum Gasteiger partial charge on any atom is 0.331 e. The normalized spacial score (nSPS) is 27.7. The zero-order valence-corrected chi connectivity index (χ0v) is 10.9. The van der Waals surface area contributed by atoms with Crippen LogP contribution >= 0.6 is 23.6 Å². The number of nitrogens with zero attached hydrogens (tertiary/aromatic N) is 3. The van der Waals surface area contributed by atoms with Gasteiger partial charge in [0, 0.05) is 0 Å². The van der Waals surface area contributed by atoms with Crippen LogP contribution in [0, 0.1) is 0 Å². The molecule has 2 rings (SSSR count). The van der Waals surface area contributed by atoms with Gasteiger partial charge in [-0.05, 0) is 12.1 Å². The highest BCUT2D eigenvalue weighted by Gasteiger charge is 2.22. The van der Waals surface area contributed by atoms with Crippen LogP contribution in [0.3, 0.4) is 0 Å². The second-order valence-electron chi connectivity index (χ2n) is 3.05. The molecule has 1 heterocycles. The standard InChI is InChI=1S/C6H11N6OP3/c7-15(8)10-14-11-16(9,12-15)13-6-4-2-1-3-5-6/h1-5H,7-9H2. The van der Waals surface area contributed by atoms with Crippen LogP contribution in [0.15, 0.2) is 43.9 Å². The van der Waals surface area contributed by atoms with Crippen LogP contribution in [0.5, 0.6) is 5.75 Å². The Balaban J connectivity index is 2.33. The summed E-state index contributed by atoms with van der Waals surface area (Å²) in [4.78, 5) is 0. The molecule has 0 aliphatic carbocycles. The van der Waals surface area contributed by atoms with E-state index in [4.69, 9.17) is 21.0 Å². The lowest BCUT2D eigenvalue weighted by Gasteiger charge is -2.20. The minimum Gasteiger partial charge on any atom is -0.431 e. The number of rotatable bonds is 2. The molecule has 0 fully saturated rings. The van der Waals surface area contributed by atoms with Gasteiger partial charge in [0.05, 0.1) is 0 Å². The average Bonchev–Trinajstić information content (AvgIpc) is 2.16. The van der Waals surface area contributed by atoms with Gasteiger partial charge in [0.25, 0.3) is 0 Å². The van der Waals surface area contributed by atoms with Crippen LogP contribution in [0.4, 0.5) is 0 Å². The number of hydrogen-bond acceptors (Lipinski definition) is 7. The lowest BCUT2D eigenvalue weighted by atomic mass is 10.3. The van der Waals surface area contributed by atoms with Gasteiger partial charge in [-0.1, -0.05) is 18.2 Å². The van der Waals surface area contributed by atoms with Gasteiger partial charge in [-0.15, -0.1) is 0 Å². The first kappa shape index (κ1) is 11.9. The van der Waals surface area contributed by atoms with E-state index in [-0.39, 0.29) is 0 Å². The molecule has 6 N–H and O–H groups in total. The second-order valence-corrected chi connectivity index (χ2v) is 8.14. The van der Waals surface area contributed by atoms with Gasteiger partial charge in [-0.25, -0.2) is 5.50 Å². The fraction of sp³-hybridized carbons (Fsp3) is 0. The van der Waals surface area contributed by atoms with Crippen molar-refractivity contribution in [1.82, 2.24) is 0 Å². The smallest absolute Gasteiger partial charge is 0.331 e. The molecule has 1 aromatic carbocycles. The molecule has 86 valence electrons. The maximum absolute atomic E-state index is 5.92. The van der Waals surface area contributed by atoms with E-state index in [1.54, 1.807) is 12.1 Å². The van der Waals surface area contributed by atoms with Crippen molar-refractivity contribution in [1.29, 1.82) is 0 Å². The Labute approximate surface area is 94.8 Å². The molecule has 16 heavy (non-hydrogen) atoms. The number of nitrogens with two attached hydrogens (primary N) is 3. The Morgan fingerprint density at radius 1 is 1.12 bits per heavy atom. The van der Waals surface area contributed by atoms with Crippen LogP contribution in [0.1, 0.15) is 0 Å². The Morgan fingerprint density at radius 3 is 2.44 bits per heavy atom. The minimum atomic E-state index is -2.76. The van der Waals surface area contributed by atoms with Crippen LogP contribution < -0.4 is 21.0 Å². The molecule has 1 aliphatic rings. The van der Waals surface area contributed by atoms with E-state index in [9.17, 15) is 0 Å². The molecule has 0 spiro atoms. The van der Waals surface area contributed by atoms with Crippen molar-refractivity contribution in [3.05, 3.63) is 30.3 Å². The fourth-order valence-corrected chi connectivity index (χ4v) is 5.79. The molecule has 1 atom stereocenters. The molecule has 1 aromatic rings. The summed E-state index contributed by atoms with van der Waals surface area (Å²) in [5, 5.41) is 0. The van der Waals surface area contributed by atoms with E-state index in [0.29, 0.717) is 14.3 Å². The van der Waals surface area contributed by atoms with Crippen molar-refractivity contribution in [3.63, 3.8) is 0 Å². The molecule has 1 aliphatic heterocycles. The zero-order chi connectivity index (χ0) is 11.6. The van der Waals surface area contributed by atoms with E-state index in [1.165, 1.54) is 0 Å². The lowest BCUT2D eigenvalue weighted by molar-refractivity contribution is 0.606. The summed E-state index contributed by atoms with van der Waals surface area (Å²) < 4.78 is 17.5. The predicted molar refractivity (Wildman–Crippen MR) is 67.7 cm³/mol. The number of hydrogen-bond donors (Lipinski definition) is 3. The molecule has 0 aromatic heterocycles. The van der Waals surface area contributed by atoms with Gasteiger partial charge in [-0.3, -0.25) is 11.0 Å². The van der Waals surface area contributed by atoms with E-state index < -0.39 is 15.1 Å².